The second-order valence-electron chi connectivity index (χ2n) is 6.49. The first kappa shape index (κ1) is 19.7. The Bertz CT molecular complexity index is 866. The third kappa shape index (κ3) is 4.44. The minimum atomic E-state index is -4.49. The van der Waals surface area contributed by atoms with Gasteiger partial charge in [-0.1, -0.05) is 6.07 Å². The Morgan fingerprint density at radius 1 is 1.29 bits per heavy atom. The van der Waals surface area contributed by atoms with Crippen molar-refractivity contribution >= 4 is 11.8 Å². The number of benzene rings is 1. The van der Waals surface area contributed by atoms with E-state index in [-0.39, 0.29) is 23.4 Å². The van der Waals surface area contributed by atoms with Crippen molar-refractivity contribution in [2.75, 3.05) is 13.2 Å². The highest BCUT2D eigenvalue weighted by Gasteiger charge is 2.32. The number of piperidine rings is 1. The molecule has 1 saturated heterocycles. The summed E-state index contributed by atoms with van der Waals surface area (Å²) in [6, 6.07) is 5.56. The molecule has 1 aliphatic rings. The largest absolute Gasteiger partial charge is 0.484 e. The predicted molar refractivity (Wildman–Crippen MR) is 92.3 cm³/mol. The van der Waals surface area contributed by atoms with Crippen molar-refractivity contribution in [3.63, 3.8) is 0 Å². The number of likely N-dealkylation sites (tertiary alicyclic amines) is 1. The van der Waals surface area contributed by atoms with E-state index in [2.05, 4.69) is 10.2 Å². The second kappa shape index (κ2) is 7.91. The van der Waals surface area contributed by atoms with Gasteiger partial charge in [0, 0.05) is 6.54 Å². The zero-order valence-corrected chi connectivity index (χ0v) is 14.8. The second-order valence-corrected chi connectivity index (χ2v) is 6.49. The molecule has 1 aliphatic heterocycles. The van der Waals surface area contributed by atoms with Gasteiger partial charge in [-0.3, -0.25) is 14.7 Å². The molecule has 150 valence electrons. The number of nitrogens with one attached hydrogen (secondary N) is 1. The molecule has 1 aromatic carbocycles. The molecule has 10 heteroatoms. The summed E-state index contributed by atoms with van der Waals surface area (Å²) in [7, 11) is 0. The van der Waals surface area contributed by atoms with E-state index in [0.717, 1.165) is 25.0 Å². The van der Waals surface area contributed by atoms with E-state index < -0.39 is 24.3 Å². The van der Waals surface area contributed by atoms with Crippen LogP contribution in [0.1, 0.15) is 47.1 Å². The molecule has 2 amide bonds. The van der Waals surface area contributed by atoms with Gasteiger partial charge in [0.2, 0.25) is 0 Å². The molecule has 0 radical (unpaired) electrons. The summed E-state index contributed by atoms with van der Waals surface area (Å²) in [5.74, 6) is -1.07. The molecule has 1 aromatic heterocycles. The number of hydrogen-bond donors (Lipinski definition) is 2. The van der Waals surface area contributed by atoms with Crippen LogP contribution in [0.2, 0.25) is 0 Å². The highest BCUT2D eigenvalue weighted by atomic mass is 19.4. The van der Waals surface area contributed by atoms with Gasteiger partial charge in [0.25, 0.3) is 11.8 Å². The monoisotopic (exact) mass is 396 g/mol. The SMILES string of the molecule is NC(=O)c1cc(C2CCCCN2C(=O)COc2cccc(C(F)(F)F)c2)[nH]n1. The van der Waals surface area contributed by atoms with Gasteiger partial charge in [-0.05, 0) is 43.5 Å². The van der Waals surface area contributed by atoms with E-state index in [1.807, 2.05) is 0 Å². The summed E-state index contributed by atoms with van der Waals surface area (Å²) in [5, 5.41) is 6.56. The van der Waals surface area contributed by atoms with Crippen molar-refractivity contribution in [2.24, 2.45) is 5.73 Å². The summed E-state index contributed by atoms with van der Waals surface area (Å²) in [6.07, 6.45) is -2.15. The Kier molecular flexibility index (Phi) is 5.57. The van der Waals surface area contributed by atoms with Crippen LogP contribution in [-0.2, 0) is 11.0 Å². The summed E-state index contributed by atoms with van der Waals surface area (Å²) >= 11 is 0. The predicted octanol–water partition coefficient (Wildman–Crippen LogP) is 2.66. The molecule has 28 heavy (non-hydrogen) atoms. The van der Waals surface area contributed by atoms with E-state index in [4.69, 9.17) is 10.5 Å². The first-order chi connectivity index (χ1) is 13.3. The van der Waals surface area contributed by atoms with Crippen molar-refractivity contribution in [3.05, 3.63) is 47.3 Å². The average Bonchev–Trinajstić information content (AvgIpc) is 3.16. The lowest BCUT2D eigenvalue weighted by atomic mass is 9.99. The van der Waals surface area contributed by atoms with E-state index in [9.17, 15) is 22.8 Å². The highest BCUT2D eigenvalue weighted by Crippen LogP contribution is 2.32. The number of primary amides is 1. The van der Waals surface area contributed by atoms with Crippen molar-refractivity contribution in [1.82, 2.24) is 15.1 Å². The molecule has 2 heterocycles. The quantitative estimate of drug-likeness (QED) is 0.811. The van der Waals surface area contributed by atoms with Crippen LogP contribution in [0, 0.1) is 0 Å². The zero-order chi connectivity index (χ0) is 20.3. The molecule has 0 aliphatic carbocycles. The molecule has 0 spiro atoms. The normalized spacial score (nSPS) is 17.4. The van der Waals surface area contributed by atoms with Gasteiger partial charge in [0.1, 0.15) is 11.4 Å². The number of H-pyrrole nitrogens is 1. The third-order valence-corrected chi connectivity index (χ3v) is 4.56. The number of alkyl halides is 3. The Labute approximate surface area is 158 Å². The molecule has 3 N–H and O–H groups in total. The van der Waals surface area contributed by atoms with Crippen LogP contribution >= 0.6 is 0 Å². The van der Waals surface area contributed by atoms with Crippen LogP contribution in [-0.4, -0.2) is 40.1 Å². The Balaban J connectivity index is 1.69. The fraction of sp³-hybridized carbons (Fsp3) is 0.389. The molecule has 2 aromatic rings. The van der Waals surface area contributed by atoms with Gasteiger partial charge >= 0.3 is 6.18 Å². The molecular weight excluding hydrogens is 377 g/mol. The van der Waals surface area contributed by atoms with Crippen molar-refractivity contribution in [3.8, 4) is 5.75 Å². The van der Waals surface area contributed by atoms with Crippen LogP contribution in [0.3, 0.4) is 0 Å². The van der Waals surface area contributed by atoms with Gasteiger partial charge < -0.3 is 15.4 Å². The summed E-state index contributed by atoms with van der Waals surface area (Å²) < 4.78 is 43.6. The number of carbonyl (C=O) groups is 2. The lowest BCUT2D eigenvalue weighted by Crippen LogP contribution is -2.41. The number of halogens is 3. The average molecular weight is 396 g/mol. The maximum atomic E-state index is 12.8. The minimum absolute atomic E-state index is 0.0331. The van der Waals surface area contributed by atoms with Crippen LogP contribution in [0.4, 0.5) is 13.2 Å². The molecule has 0 bridgehead atoms. The van der Waals surface area contributed by atoms with E-state index >= 15 is 0 Å². The first-order valence-electron chi connectivity index (χ1n) is 8.70. The molecule has 7 nitrogen and oxygen atoms in total. The number of nitrogens with two attached hydrogens (primary N) is 1. The van der Waals surface area contributed by atoms with Crippen LogP contribution in [0.15, 0.2) is 30.3 Å². The summed E-state index contributed by atoms with van der Waals surface area (Å²) in [6.45, 7) is 0.0784. The van der Waals surface area contributed by atoms with E-state index in [1.165, 1.54) is 18.2 Å². The van der Waals surface area contributed by atoms with Crippen molar-refractivity contribution in [1.29, 1.82) is 0 Å². The maximum Gasteiger partial charge on any atom is 0.416 e. The van der Waals surface area contributed by atoms with Gasteiger partial charge in [-0.25, -0.2) is 0 Å². The van der Waals surface area contributed by atoms with Crippen molar-refractivity contribution in [2.45, 2.75) is 31.5 Å². The lowest BCUT2D eigenvalue weighted by molar-refractivity contribution is -0.137. The number of aromatic nitrogens is 2. The summed E-state index contributed by atoms with van der Waals surface area (Å²) in [4.78, 5) is 25.4. The Morgan fingerprint density at radius 3 is 2.75 bits per heavy atom. The highest BCUT2D eigenvalue weighted by molar-refractivity contribution is 5.90. The third-order valence-electron chi connectivity index (χ3n) is 4.56. The van der Waals surface area contributed by atoms with E-state index in [1.54, 1.807) is 4.90 Å². The Morgan fingerprint density at radius 2 is 2.07 bits per heavy atom. The lowest BCUT2D eigenvalue weighted by Gasteiger charge is -2.35. The summed E-state index contributed by atoms with van der Waals surface area (Å²) in [5.41, 5.74) is 5.02. The smallest absolute Gasteiger partial charge is 0.416 e. The number of ether oxygens (including phenoxy) is 1. The minimum Gasteiger partial charge on any atom is -0.484 e. The zero-order valence-electron chi connectivity index (χ0n) is 14.8. The number of hydrogen-bond acceptors (Lipinski definition) is 4. The number of nitrogens with zero attached hydrogens (tertiary/aromatic N) is 2. The van der Waals surface area contributed by atoms with E-state index in [0.29, 0.717) is 18.7 Å². The van der Waals surface area contributed by atoms with Crippen LogP contribution in [0.25, 0.3) is 0 Å². The van der Waals surface area contributed by atoms with Crippen molar-refractivity contribution < 1.29 is 27.5 Å². The molecule has 3 rings (SSSR count). The first-order valence-corrected chi connectivity index (χ1v) is 8.70. The van der Waals surface area contributed by atoms with Gasteiger partial charge in [0.05, 0.1) is 17.3 Å². The fourth-order valence-electron chi connectivity index (χ4n) is 3.18. The number of rotatable bonds is 5. The molecule has 1 unspecified atom stereocenters. The van der Waals surface area contributed by atoms with Crippen LogP contribution in [0.5, 0.6) is 5.75 Å². The number of amides is 2. The molecular formula is C18H19F3N4O3. The maximum absolute atomic E-state index is 12.8. The number of aromatic amines is 1. The Hall–Kier alpha value is -3.04. The van der Waals surface area contributed by atoms with Gasteiger partial charge in [-0.2, -0.15) is 18.3 Å². The fourth-order valence-corrected chi connectivity index (χ4v) is 3.18. The number of carbonyl (C=O) groups excluding carboxylic acids is 2. The molecule has 1 fully saturated rings. The molecule has 1 atom stereocenters. The van der Waals surface area contributed by atoms with Gasteiger partial charge in [0.15, 0.2) is 6.61 Å². The standard InChI is InChI=1S/C18H19F3N4O3/c19-18(20,21)11-4-3-5-12(8-11)28-10-16(26)25-7-2-1-6-15(25)13-9-14(17(22)27)24-23-13/h3-5,8-9,15H,1-2,6-7,10H2,(H2,22,27)(H,23,24). The van der Waals surface area contributed by atoms with Gasteiger partial charge in [-0.15, -0.1) is 0 Å². The topological polar surface area (TPSA) is 101 Å². The molecule has 0 saturated carbocycles. The van der Waals surface area contributed by atoms with Crippen LogP contribution < -0.4 is 10.5 Å².